The molecule has 0 unspecified atom stereocenters. The van der Waals surface area contributed by atoms with Crippen LogP contribution in [0.1, 0.15) is 0 Å². The lowest BCUT2D eigenvalue weighted by Gasteiger charge is -2.10. The first kappa shape index (κ1) is 9.65. The second kappa shape index (κ2) is 6.77. The predicted octanol–water partition coefficient (Wildman–Crippen LogP) is 1.33. The molecule has 2 nitrogen and oxygen atoms in total. The first-order chi connectivity index (χ1) is 4.35. The average Bonchev–Trinajstić information content (AvgIpc) is 1.88. The molecule has 56 valence electrons. The van der Waals surface area contributed by atoms with Gasteiger partial charge in [-0.3, -0.25) is 0 Å². The highest BCUT2D eigenvalue weighted by Crippen LogP contribution is 2.01. The minimum Gasteiger partial charge on any atom is -0.384 e. The van der Waals surface area contributed by atoms with Gasteiger partial charge in [-0.2, -0.15) is 0 Å². The molecule has 0 bridgehead atoms. The third kappa shape index (κ3) is 5.11. The van der Waals surface area contributed by atoms with Crippen LogP contribution in [0.5, 0.6) is 0 Å². The minimum atomic E-state index is 0.556. The lowest BCUT2D eigenvalue weighted by atomic mass is 10.2. The molecule has 0 aromatic rings. The molecule has 3 heteroatoms. The lowest BCUT2D eigenvalue weighted by molar-refractivity contribution is 0.0965. The monoisotopic (exact) mass is 244 g/mol. The van der Waals surface area contributed by atoms with Gasteiger partial charge in [-0.1, -0.05) is 22.6 Å². The Kier molecular flexibility index (Phi) is 7.25. The van der Waals surface area contributed by atoms with Crippen LogP contribution in [0.2, 0.25) is 0 Å². The summed E-state index contributed by atoms with van der Waals surface area (Å²) < 4.78 is 11.0. The van der Waals surface area contributed by atoms with Crippen LogP contribution in [0.4, 0.5) is 0 Å². The Morgan fingerprint density at radius 2 is 1.67 bits per heavy atom. The van der Waals surface area contributed by atoms with E-state index in [1.165, 1.54) is 0 Å². The molecule has 0 spiro atoms. The highest BCUT2D eigenvalue weighted by Gasteiger charge is 2.04. The number of hydrogen-bond acceptors (Lipinski definition) is 2. The van der Waals surface area contributed by atoms with Crippen molar-refractivity contribution in [3.8, 4) is 0 Å². The summed E-state index contributed by atoms with van der Waals surface area (Å²) in [7, 11) is 3.43. The van der Waals surface area contributed by atoms with Gasteiger partial charge in [-0.25, -0.2) is 0 Å². The number of rotatable bonds is 5. The molecule has 0 saturated carbocycles. The van der Waals surface area contributed by atoms with Crippen LogP contribution in [-0.2, 0) is 9.47 Å². The Morgan fingerprint density at radius 1 is 1.22 bits per heavy atom. The van der Waals surface area contributed by atoms with Gasteiger partial charge >= 0.3 is 0 Å². The Labute approximate surface area is 70.1 Å². The van der Waals surface area contributed by atoms with Gasteiger partial charge < -0.3 is 9.47 Å². The second-order valence-corrected chi connectivity index (χ2v) is 2.81. The summed E-state index contributed by atoms with van der Waals surface area (Å²) in [5, 5.41) is 0. The Balaban J connectivity index is 3.18. The van der Waals surface area contributed by atoms with E-state index in [9.17, 15) is 0 Å². The maximum Gasteiger partial charge on any atom is 0.0519 e. The van der Waals surface area contributed by atoms with E-state index in [1.807, 2.05) is 0 Å². The summed E-state index contributed by atoms with van der Waals surface area (Å²) in [6.07, 6.45) is 0. The SMILES string of the molecule is COCC(CI)COC. The molecular weight excluding hydrogens is 231 g/mol. The Hall–Kier alpha value is 0.650. The van der Waals surface area contributed by atoms with Gasteiger partial charge in [0.05, 0.1) is 13.2 Å². The highest BCUT2D eigenvalue weighted by molar-refractivity contribution is 14.1. The van der Waals surface area contributed by atoms with Crippen molar-refractivity contribution < 1.29 is 9.47 Å². The molecule has 0 aliphatic rings. The van der Waals surface area contributed by atoms with Crippen LogP contribution in [0.15, 0.2) is 0 Å². The van der Waals surface area contributed by atoms with E-state index in [4.69, 9.17) is 9.47 Å². The number of methoxy groups -OCH3 is 2. The molecule has 0 aromatic carbocycles. The molecule has 0 heterocycles. The Bertz CT molecular complexity index is 53.0. The van der Waals surface area contributed by atoms with Crippen LogP contribution in [0.25, 0.3) is 0 Å². The molecule has 0 aromatic heterocycles. The number of halogens is 1. The highest BCUT2D eigenvalue weighted by atomic mass is 127. The molecule has 0 fully saturated rings. The third-order valence-electron chi connectivity index (χ3n) is 1.02. The first-order valence-corrected chi connectivity index (χ1v) is 4.41. The largest absolute Gasteiger partial charge is 0.384 e. The fourth-order valence-corrected chi connectivity index (χ4v) is 1.12. The number of alkyl halides is 1. The molecule has 0 amide bonds. The zero-order valence-electron chi connectivity index (χ0n) is 5.89. The van der Waals surface area contributed by atoms with E-state index in [2.05, 4.69) is 22.6 Å². The standard InChI is InChI=1S/C6H13IO2/c1-8-4-6(3-7)5-9-2/h6H,3-5H2,1-2H3. The van der Waals surface area contributed by atoms with E-state index >= 15 is 0 Å². The topological polar surface area (TPSA) is 18.5 Å². The molecule has 0 radical (unpaired) electrons. The van der Waals surface area contributed by atoms with E-state index < -0.39 is 0 Å². The number of hydrogen-bond donors (Lipinski definition) is 0. The van der Waals surface area contributed by atoms with Crippen molar-refractivity contribution in [3.05, 3.63) is 0 Å². The van der Waals surface area contributed by atoms with Crippen molar-refractivity contribution >= 4 is 22.6 Å². The van der Waals surface area contributed by atoms with E-state index in [-0.39, 0.29) is 0 Å². The van der Waals surface area contributed by atoms with Crippen LogP contribution >= 0.6 is 22.6 Å². The summed E-state index contributed by atoms with van der Waals surface area (Å²) in [6.45, 7) is 1.60. The fraction of sp³-hybridized carbons (Fsp3) is 1.00. The summed E-state index contributed by atoms with van der Waals surface area (Å²) in [5.74, 6) is 0.556. The van der Waals surface area contributed by atoms with Crippen LogP contribution in [-0.4, -0.2) is 31.9 Å². The molecular formula is C6H13IO2. The van der Waals surface area contributed by atoms with Gasteiger partial charge in [0, 0.05) is 24.6 Å². The smallest absolute Gasteiger partial charge is 0.0519 e. The van der Waals surface area contributed by atoms with E-state index in [1.54, 1.807) is 14.2 Å². The number of ether oxygens (including phenoxy) is 2. The molecule has 0 saturated heterocycles. The summed E-state index contributed by atoms with van der Waals surface area (Å²) >= 11 is 2.34. The van der Waals surface area contributed by atoms with Gasteiger partial charge in [-0.05, 0) is 0 Å². The van der Waals surface area contributed by atoms with Gasteiger partial charge in [0.1, 0.15) is 0 Å². The predicted molar refractivity (Wildman–Crippen MR) is 46.1 cm³/mol. The van der Waals surface area contributed by atoms with Crippen LogP contribution < -0.4 is 0 Å². The molecule has 0 rings (SSSR count). The molecule has 0 N–H and O–H groups in total. The van der Waals surface area contributed by atoms with Gasteiger partial charge in [0.25, 0.3) is 0 Å². The van der Waals surface area contributed by atoms with Crippen molar-refractivity contribution in [3.63, 3.8) is 0 Å². The van der Waals surface area contributed by atoms with E-state index in [0.29, 0.717) is 5.92 Å². The van der Waals surface area contributed by atoms with Crippen molar-refractivity contribution in [1.82, 2.24) is 0 Å². The van der Waals surface area contributed by atoms with Crippen LogP contribution in [0.3, 0.4) is 0 Å². The van der Waals surface area contributed by atoms with Crippen LogP contribution in [0, 0.1) is 5.92 Å². The minimum absolute atomic E-state index is 0.556. The van der Waals surface area contributed by atoms with Crippen molar-refractivity contribution in [2.75, 3.05) is 31.9 Å². The van der Waals surface area contributed by atoms with E-state index in [0.717, 1.165) is 17.6 Å². The lowest BCUT2D eigenvalue weighted by Crippen LogP contribution is -2.15. The van der Waals surface area contributed by atoms with Gasteiger partial charge in [0.2, 0.25) is 0 Å². The maximum absolute atomic E-state index is 4.96. The third-order valence-corrected chi connectivity index (χ3v) is 2.27. The zero-order chi connectivity index (χ0) is 7.11. The summed E-state index contributed by atoms with van der Waals surface area (Å²) in [5.41, 5.74) is 0. The molecule has 9 heavy (non-hydrogen) atoms. The summed E-state index contributed by atoms with van der Waals surface area (Å²) in [6, 6.07) is 0. The van der Waals surface area contributed by atoms with Crippen molar-refractivity contribution in [1.29, 1.82) is 0 Å². The average molecular weight is 244 g/mol. The molecule has 0 aliphatic heterocycles. The van der Waals surface area contributed by atoms with Crippen molar-refractivity contribution in [2.45, 2.75) is 0 Å². The van der Waals surface area contributed by atoms with Crippen molar-refractivity contribution in [2.24, 2.45) is 5.92 Å². The zero-order valence-corrected chi connectivity index (χ0v) is 8.05. The normalized spacial score (nSPS) is 10.7. The van der Waals surface area contributed by atoms with Gasteiger partial charge in [-0.15, -0.1) is 0 Å². The van der Waals surface area contributed by atoms with Gasteiger partial charge in [0.15, 0.2) is 0 Å². The first-order valence-electron chi connectivity index (χ1n) is 2.89. The second-order valence-electron chi connectivity index (χ2n) is 1.93. The fourth-order valence-electron chi connectivity index (χ4n) is 0.609. The summed E-state index contributed by atoms with van der Waals surface area (Å²) in [4.78, 5) is 0. The maximum atomic E-state index is 4.96. The quantitative estimate of drug-likeness (QED) is 0.536. The molecule has 0 atom stereocenters. The Morgan fingerprint density at radius 3 is 1.89 bits per heavy atom. The molecule has 0 aliphatic carbocycles.